The van der Waals surface area contributed by atoms with Crippen LogP contribution >= 0.6 is 12.2 Å². The Bertz CT molecular complexity index is 547. The van der Waals surface area contributed by atoms with Crippen molar-refractivity contribution in [3.8, 4) is 0 Å². The molecule has 0 saturated carbocycles. The number of fused-ring (bicyclic) bond motifs is 1. The molecule has 2 rings (SSSR count). The molecule has 108 valence electrons. The Morgan fingerprint density at radius 1 is 1.25 bits per heavy atom. The molecule has 2 N–H and O–H groups in total. The SMILES string of the molecule is Cc1cc(C)c2c(c1)/C(=N/NC(=S)NC(C)C)CCC2. The van der Waals surface area contributed by atoms with E-state index in [4.69, 9.17) is 12.2 Å². The van der Waals surface area contributed by atoms with E-state index in [0.717, 1.165) is 25.0 Å². The third kappa shape index (κ3) is 3.57. The molecule has 0 saturated heterocycles. The molecule has 1 aromatic rings. The molecule has 0 amide bonds. The van der Waals surface area contributed by atoms with Gasteiger partial charge < -0.3 is 5.32 Å². The van der Waals surface area contributed by atoms with Gasteiger partial charge in [-0.05, 0) is 76.4 Å². The molecular weight excluding hydrogens is 266 g/mol. The highest BCUT2D eigenvalue weighted by Gasteiger charge is 2.17. The first-order valence-corrected chi connectivity index (χ1v) is 7.61. The minimum Gasteiger partial charge on any atom is -0.359 e. The predicted octanol–water partition coefficient (Wildman–Crippen LogP) is 3.22. The number of hydrazone groups is 1. The van der Waals surface area contributed by atoms with Gasteiger partial charge in [-0.1, -0.05) is 11.6 Å². The quantitative estimate of drug-likeness (QED) is 0.648. The highest BCUT2D eigenvalue weighted by Crippen LogP contribution is 2.26. The van der Waals surface area contributed by atoms with E-state index in [2.05, 4.69) is 55.7 Å². The number of rotatable bonds is 2. The number of benzene rings is 1. The smallest absolute Gasteiger partial charge is 0.187 e. The van der Waals surface area contributed by atoms with Crippen molar-refractivity contribution < 1.29 is 0 Å². The first kappa shape index (κ1) is 15.0. The van der Waals surface area contributed by atoms with Gasteiger partial charge in [-0.2, -0.15) is 5.10 Å². The van der Waals surface area contributed by atoms with Gasteiger partial charge in [0.2, 0.25) is 0 Å². The van der Waals surface area contributed by atoms with E-state index in [1.54, 1.807) is 0 Å². The Labute approximate surface area is 126 Å². The summed E-state index contributed by atoms with van der Waals surface area (Å²) in [6, 6.07) is 4.81. The van der Waals surface area contributed by atoms with Crippen LogP contribution in [0, 0.1) is 13.8 Å². The highest BCUT2D eigenvalue weighted by atomic mass is 32.1. The normalized spacial score (nSPS) is 16.1. The van der Waals surface area contributed by atoms with Crippen LogP contribution in [0.1, 0.15) is 48.9 Å². The van der Waals surface area contributed by atoms with Gasteiger partial charge in [0, 0.05) is 11.6 Å². The largest absolute Gasteiger partial charge is 0.359 e. The van der Waals surface area contributed by atoms with Crippen LogP contribution in [-0.4, -0.2) is 16.9 Å². The maximum absolute atomic E-state index is 5.22. The Morgan fingerprint density at radius 3 is 2.70 bits per heavy atom. The predicted molar refractivity (Wildman–Crippen MR) is 89.4 cm³/mol. The van der Waals surface area contributed by atoms with Gasteiger partial charge in [0.1, 0.15) is 0 Å². The van der Waals surface area contributed by atoms with E-state index < -0.39 is 0 Å². The lowest BCUT2D eigenvalue weighted by molar-refractivity contribution is 0.718. The van der Waals surface area contributed by atoms with Crippen molar-refractivity contribution in [2.75, 3.05) is 0 Å². The summed E-state index contributed by atoms with van der Waals surface area (Å²) in [6.07, 6.45) is 3.31. The summed E-state index contributed by atoms with van der Waals surface area (Å²) in [5, 5.41) is 8.25. The fraction of sp³-hybridized carbons (Fsp3) is 0.500. The van der Waals surface area contributed by atoms with Crippen LogP contribution in [0.25, 0.3) is 0 Å². The number of hydrogen-bond acceptors (Lipinski definition) is 2. The van der Waals surface area contributed by atoms with Gasteiger partial charge in [0.25, 0.3) is 0 Å². The van der Waals surface area contributed by atoms with Gasteiger partial charge in [-0.25, -0.2) is 0 Å². The minimum absolute atomic E-state index is 0.318. The van der Waals surface area contributed by atoms with E-state index in [1.165, 1.54) is 22.3 Å². The second-order valence-electron chi connectivity index (χ2n) is 5.76. The molecule has 1 aliphatic carbocycles. The highest BCUT2D eigenvalue weighted by molar-refractivity contribution is 7.80. The number of thiocarbonyl (C=S) groups is 1. The first-order chi connectivity index (χ1) is 9.47. The summed E-state index contributed by atoms with van der Waals surface area (Å²) >= 11 is 5.22. The van der Waals surface area contributed by atoms with Crippen LogP contribution in [0.3, 0.4) is 0 Å². The minimum atomic E-state index is 0.318. The first-order valence-electron chi connectivity index (χ1n) is 7.21. The lowest BCUT2D eigenvalue weighted by atomic mass is 9.86. The van der Waals surface area contributed by atoms with Crippen LogP contribution in [0.2, 0.25) is 0 Å². The maximum atomic E-state index is 5.22. The molecule has 0 unspecified atom stereocenters. The molecule has 0 bridgehead atoms. The number of aryl methyl sites for hydroxylation is 2. The van der Waals surface area contributed by atoms with Gasteiger partial charge in [-0.15, -0.1) is 0 Å². The van der Waals surface area contributed by atoms with Crippen molar-refractivity contribution in [3.05, 3.63) is 34.4 Å². The monoisotopic (exact) mass is 289 g/mol. The zero-order chi connectivity index (χ0) is 14.7. The fourth-order valence-corrected chi connectivity index (χ4v) is 2.96. The second kappa shape index (κ2) is 6.35. The lowest BCUT2D eigenvalue weighted by Gasteiger charge is -2.21. The number of nitrogens with one attached hydrogen (secondary N) is 2. The number of hydrogen-bond donors (Lipinski definition) is 2. The van der Waals surface area contributed by atoms with Crippen LogP contribution in [0.15, 0.2) is 17.2 Å². The fourth-order valence-electron chi connectivity index (χ4n) is 2.68. The molecule has 0 spiro atoms. The standard InChI is InChI=1S/C16H23N3S/c1-10(2)17-16(20)19-18-15-7-5-6-13-12(4)8-11(3)9-14(13)15/h8-10H,5-7H2,1-4H3,(H2,17,19,20)/b18-15+. The Kier molecular flexibility index (Phi) is 4.76. The Hall–Kier alpha value is -1.42. The van der Waals surface area contributed by atoms with Crippen molar-refractivity contribution in [2.45, 2.75) is 53.0 Å². The summed E-state index contributed by atoms with van der Waals surface area (Å²) < 4.78 is 0. The zero-order valence-corrected chi connectivity index (χ0v) is 13.5. The Balaban J connectivity index is 2.22. The molecule has 0 aliphatic heterocycles. The van der Waals surface area contributed by atoms with Crippen LogP contribution in [0.4, 0.5) is 0 Å². The molecule has 3 nitrogen and oxygen atoms in total. The third-order valence-corrected chi connectivity index (χ3v) is 3.69. The van der Waals surface area contributed by atoms with Crippen molar-refractivity contribution in [3.63, 3.8) is 0 Å². The van der Waals surface area contributed by atoms with E-state index in [-0.39, 0.29) is 0 Å². The molecule has 1 aromatic carbocycles. The molecule has 0 fully saturated rings. The van der Waals surface area contributed by atoms with Gasteiger partial charge in [0.05, 0.1) is 5.71 Å². The number of nitrogens with zero attached hydrogens (tertiary/aromatic N) is 1. The van der Waals surface area contributed by atoms with Crippen molar-refractivity contribution in [2.24, 2.45) is 5.10 Å². The van der Waals surface area contributed by atoms with Gasteiger partial charge in [-0.3, -0.25) is 5.43 Å². The summed E-state index contributed by atoms with van der Waals surface area (Å²) in [4.78, 5) is 0. The van der Waals surface area contributed by atoms with Gasteiger partial charge >= 0.3 is 0 Å². The molecule has 0 aromatic heterocycles. The summed E-state index contributed by atoms with van der Waals surface area (Å²) in [5.41, 5.74) is 9.47. The maximum Gasteiger partial charge on any atom is 0.187 e. The van der Waals surface area contributed by atoms with E-state index in [0.29, 0.717) is 11.2 Å². The van der Waals surface area contributed by atoms with Crippen molar-refractivity contribution >= 4 is 23.0 Å². The van der Waals surface area contributed by atoms with Crippen LogP contribution in [-0.2, 0) is 6.42 Å². The van der Waals surface area contributed by atoms with E-state index >= 15 is 0 Å². The Morgan fingerprint density at radius 2 is 2.00 bits per heavy atom. The molecule has 0 atom stereocenters. The topological polar surface area (TPSA) is 36.4 Å². The third-order valence-electron chi connectivity index (χ3n) is 3.48. The summed E-state index contributed by atoms with van der Waals surface area (Å²) in [5.74, 6) is 0. The van der Waals surface area contributed by atoms with Crippen LogP contribution < -0.4 is 10.7 Å². The molecule has 4 heteroatoms. The summed E-state index contributed by atoms with van der Waals surface area (Å²) in [6.45, 7) is 8.44. The molecular formula is C16H23N3S. The zero-order valence-electron chi connectivity index (χ0n) is 12.7. The van der Waals surface area contributed by atoms with E-state index in [9.17, 15) is 0 Å². The molecule has 0 radical (unpaired) electrons. The van der Waals surface area contributed by atoms with Gasteiger partial charge in [0.15, 0.2) is 5.11 Å². The van der Waals surface area contributed by atoms with Crippen molar-refractivity contribution in [1.82, 2.24) is 10.7 Å². The molecule has 0 heterocycles. The molecule has 20 heavy (non-hydrogen) atoms. The average Bonchev–Trinajstić information content (AvgIpc) is 2.35. The molecule has 1 aliphatic rings. The van der Waals surface area contributed by atoms with Crippen molar-refractivity contribution in [1.29, 1.82) is 0 Å². The summed E-state index contributed by atoms with van der Waals surface area (Å²) in [7, 11) is 0. The van der Waals surface area contributed by atoms with E-state index in [1.807, 2.05) is 0 Å². The van der Waals surface area contributed by atoms with Crippen LogP contribution in [0.5, 0.6) is 0 Å². The second-order valence-corrected chi connectivity index (χ2v) is 6.17. The lowest BCUT2D eigenvalue weighted by Crippen LogP contribution is -2.37. The average molecular weight is 289 g/mol.